The number of esters is 1. The number of carboxylic acid groups (broad SMARTS) is 1. The SMILES string of the molecule is COC(=O)c1cccc(C(=O)O)c1.COc1ccc(N)c(F)c1. The summed E-state index contributed by atoms with van der Waals surface area (Å²) in [5.41, 5.74) is 5.66. The lowest BCUT2D eigenvalue weighted by Gasteiger charge is -1.99. The Kier molecular flexibility index (Phi) is 6.54. The predicted octanol–water partition coefficient (Wildman–Crippen LogP) is 2.59. The molecule has 0 atom stereocenters. The number of hydrogen-bond acceptors (Lipinski definition) is 5. The average Bonchev–Trinajstić information content (AvgIpc) is 2.57. The van der Waals surface area contributed by atoms with Crippen LogP contribution in [-0.2, 0) is 4.74 Å². The van der Waals surface area contributed by atoms with Gasteiger partial charge in [-0.1, -0.05) is 6.07 Å². The first-order valence-corrected chi connectivity index (χ1v) is 6.39. The van der Waals surface area contributed by atoms with E-state index in [2.05, 4.69) is 4.74 Å². The molecule has 2 rings (SSSR count). The van der Waals surface area contributed by atoms with Gasteiger partial charge < -0.3 is 20.3 Å². The highest BCUT2D eigenvalue weighted by Crippen LogP contribution is 2.16. The van der Waals surface area contributed by atoms with E-state index < -0.39 is 17.8 Å². The van der Waals surface area contributed by atoms with Gasteiger partial charge in [-0.05, 0) is 30.3 Å². The Morgan fingerprint density at radius 1 is 1.09 bits per heavy atom. The van der Waals surface area contributed by atoms with Crippen LogP contribution in [0.3, 0.4) is 0 Å². The second-order valence-corrected chi connectivity index (χ2v) is 4.26. The largest absolute Gasteiger partial charge is 0.497 e. The monoisotopic (exact) mass is 321 g/mol. The minimum absolute atomic E-state index is 0.0721. The molecule has 2 aromatic rings. The summed E-state index contributed by atoms with van der Waals surface area (Å²) < 4.78 is 21.8. The molecule has 23 heavy (non-hydrogen) atoms. The summed E-state index contributed by atoms with van der Waals surface area (Å²) in [6, 6.07) is 10.00. The van der Waals surface area contributed by atoms with Crippen LogP contribution in [0.4, 0.5) is 10.1 Å². The van der Waals surface area contributed by atoms with E-state index >= 15 is 0 Å². The van der Waals surface area contributed by atoms with E-state index in [9.17, 15) is 14.0 Å². The summed E-state index contributed by atoms with van der Waals surface area (Å²) >= 11 is 0. The maximum absolute atomic E-state index is 12.6. The standard InChI is InChI=1S/C9H8O4.C7H8FNO/c1-13-9(12)7-4-2-3-6(5-7)8(10)11;1-10-5-2-3-7(9)6(8)4-5/h2-5H,1H3,(H,10,11);2-4H,9H2,1H3. The Bertz CT molecular complexity index is 703. The fourth-order valence-corrected chi connectivity index (χ4v) is 1.53. The average molecular weight is 321 g/mol. The van der Waals surface area contributed by atoms with Crippen LogP contribution in [0.15, 0.2) is 42.5 Å². The van der Waals surface area contributed by atoms with Gasteiger partial charge in [-0.15, -0.1) is 0 Å². The van der Waals surface area contributed by atoms with Gasteiger partial charge in [0.05, 0.1) is 31.0 Å². The molecule has 0 heterocycles. The molecule has 0 aliphatic rings. The molecule has 0 amide bonds. The van der Waals surface area contributed by atoms with Gasteiger partial charge in [0, 0.05) is 6.07 Å². The highest BCUT2D eigenvalue weighted by molar-refractivity contribution is 5.94. The Labute approximate surface area is 132 Å². The first-order chi connectivity index (χ1) is 10.9. The molecule has 0 fully saturated rings. The number of rotatable bonds is 3. The number of aromatic carboxylic acids is 1. The summed E-state index contributed by atoms with van der Waals surface area (Å²) in [6.45, 7) is 0. The van der Waals surface area contributed by atoms with Crippen LogP contribution < -0.4 is 10.5 Å². The fourth-order valence-electron chi connectivity index (χ4n) is 1.53. The molecule has 0 bridgehead atoms. The maximum Gasteiger partial charge on any atom is 0.337 e. The lowest BCUT2D eigenvalue weighted by atomic mass is 10.1. The molecule has 2 aromatic carbocycles. The third-order valence-electron chi connectivity index (χ3n) is 2.74. The van der Waals surface area contributed by atoms with Crippen LogP contribution >= 0.6 is 0 Å². The number of carbonyl (C=O) groups is 2. The molecule has 7 heteroatoms. The van der Waals surface area contributed by atoms with E-state index in [4.69, 9.17) is 15.6 Å². The van der Waals surface area contributed by atoms with Crippen molar-refractivity contribution in [3.8, 4) is 5.75 Å². The summed E-state index contributed by atoms with van der Waals surface area (Å²) in [7, 11) is 2.72. The van der Waals surface area contributed by atoms with Crippen molar-refractivity contribution < 1.29 is 28.6 Å². The van der Waals surface area contributed by atoms with Crippen LogP contribution in [0.5, 0.6) is 5.75 Å². The molecule has 6 nitrogen and oxygen atoms in total. The Morgan fingerprint density at radius 3 is 2.26 bits per heavy atom. The summed E-state index contributed by atoms with van der Waals surface area (Å²) in [5.74, 6) is -1.57. The number of halogens is 1. The van der Waals surface area contributed by atoms with Gasteiger partial charge in [0.2, 0.25) is 0 Å². The van der Waals surface area contributed by atoms with Crippen molar-refractivity contribution in [2.75, 3.05) is 20.0 Å². The van der Waals surface area contributed by atoms with E-state index in [0.717, 1.165) is 0 Å². The van der Waals surface area contributed by atoms with E-state index in [1.807, 2.05) is 0 Å². The summed E-state index contributed by atoms with van der Waals surface area (Å²) in [6.07, 6.45) is 0. The van der Waals surface area contributed by atoms with Gasteiger partial charge in [-0.3, -0.25) is 0 Å². The lowest BCUT2D eigenvalue weighted by molar-refractivity contribution is 0.0600. The second-order valence-electron chi connectivity index (χ2n) is 4.26. The number of carboxylic acids is 1. The highest BCUT2D eigenvalue weighted by Gasteiger charge is 2.08. The molecule has 0 saturated carbocycles. The number of nitrogens with two attached hydrogens (primary N) is 1. The molecule has 0 saturated heterocycles. The van der Waals surface area contributed by atoms with Gasteiger partial charge >= 0.3 is 11.9 Å². The zero-order valence-electron chi connectivity index (χ0n) is 12.6. The van der Waals surface area contributed by atoms with Crippen molar-refractivity contribution in [3.05, 3.63) is 59.4 Å². The molecular formula is C16H16FNO5. The zero-order chi connectivity index (χ0) is 17.4. The van der Waals surface area contributed by atoms with Crippen molar-refractivity contribution in [2.24, 2.45) is 0 Å². The summed E-state index contributed by atoms with van der Waals surface area (Å²) in [5, 5.41) is 8.61. The van der Waals surface area contributed by atoms with E-state index in [1.165, 1.54) is 50.6 Å². The van der Waals surface area contributed by atoms with Gasteiger partial charge in [0.25, 0.3) is 0 Å². The van der Waals surface area contributed by atoms with Gasteiger partial charge in [0.15, 0.2) is 0 Å². The number of benzene rings is 2. The number of carbonyl (C=O) groups excluding carboxylic acids is 1. The number of ether oxygens (including phenoxy) is 2. The fraction of sp³-hybridized carbons (Fsp3) is 0.125. The van der Waals surface area contributed by atoms with Crippen LogP contribution in [0, 0.1) is 5.82 Å². The van der Waals surface area contributed by atoms with Crippen molar-refractivity contribution >= 4 is 17.6 Å². The van der Waals surface area contributed by atoms with Gasteiger partial charge in [0.1, 0.15) is 11.6 Å². The third kappa shape index (κ3) is 5.31. The zero-order valence-corrected chi connectivity index (χ0v) is 12.6. The third-order valence-corrected chi connectivity index (χ3v) is 2.74. The smallest absolute Gasteiger partial charge is 0.337 e. The van der Waals surface area contributed by atoms with E-state index in [-0.39, 0.29) is 16.8 Å². The van der Waals surface area contributed by atoms with Gasteiger partial charge in [-0.25, -0.2) is 14.0 Å². The lowest BCUT2D eigenvalue weighted by Crippen LogP contribution is -2.03. The second kappa shape index (κ2) is 8.38. The minimum Gasteiger partial charge on any atom is -0.497 e. The van der Waals surface area contributed by atoms with Crippen molar-refractivity contribution in [3.63, 3.8) is 0 Å². The number of methoxy groups -OCH3 is 2. The Balaban J connectivity index is 0.000000238. The van der Waals surface area contributed by atoms with Gasteiger partial charge in [-0.2, -0.15) is 0 Å². The summed E-state index contributed by atoms with van der Waals surface area (Å²) in [4.78, 5) is 21.5. The van der Waals surface area contributed by atoms with E-state index in [0.29, 0.717) is 5.75 Å². The number of anilines is 1. The molecular weight excluding hydrogens is 305 g/mol. The number of hydrogen-bond donors (Lipinski definition) is 2. The molecule has 0 unspecified atom stereocenters. The van der Waals surface area contributed by atoms with Crippen LogP contribution in [0.25, 0.3) is 0 Å². The van der Waals surface area contributed by atoms with Crippen LogP contribution in [0.2, 0.25) is 0 Å². The van der Waals surface area contributed by atoms with Crippen LogP contribution in [0.1, 0.15) is 20.7 Å². The molecule has 0 aromatic heterocycles. The molecule has 0 spiro atoms. The predicted molar refractivity (Wildman–Crippen MR) is 82.1 cm³/mol. The quantitative estimate of drug-likeness (QED) is 0.666. The van der Waals surface area contributed by atoms with Crippen LogP contribution in [-0.4, -0.2) is 31.3 Å². The Hall–Kier alpha value is -3.09. The maximum atomic E-state index is 12.6. The Morgan fingerprint density at radius 2 is 1.74 bits per heavy atom. The number of nitrogen functional groups attached to an aromatic ring is 1. The molecule has 0 radical (unpaired) electrons. The van der Waals surface area contributed by atoms with Crippen molar-refractivity contribution in [1.29, 1.82) is 0 Å². The first kappa shape index (κ1) is 18.0. The van der Waals surface area contributed by atoms with Crippen molar-refractivity contribution in [1.82, 2.24) is 0 Å². The minimum atomic E-state index is -1.06. The normalized spacial score (nSPS) is 9.35. The highest BCUT2D eigenvalue weighted by atomic mass is 19.1. The molecule has 122 valence electrons. The topological polar surface area (TPSA) is 98.9 Å². The first-order valence-electron chi connectivity index (χ1n) is 6.39. The molecule has 3 N–H and O–H groups in total. The van der Waals surface area contributed by atoms with Crippen molar-refractivity contribution in [2.45, 2.75) is 0 Å². The van der Waals surface area contributed by atoms with E-state index in [1.54, 1.807) is 6.07 Å². The molecule has 0 aliphatic carbocycles. The molecule has 0 aliphatic heterocycles.